The highest BCUT2D eigenvalue weighted by atomic mass is 35.5. The second kappa shape index (κ2) is 8.40. The van der Waals surface area contributed by atoms with Gasteiger partial charge in [-0.3, -0.25) is 0 Å². The Bertz CT molecular complexity index is 1220. The highest BCUT2D eigenvalue weighted by Gasteiger charge is 2.26. The van der Waals surface area contributed by atoms with Crippen LogP contribution in [0, 0.1) is 0 Å². The molecule has 1 aliphatic rings. The molecule has 158 valence electrons. The molecule has 5 rings (SSSR count). The molecular formula is C24H22Cl2N4O. The standard InChI is InChI=1S/C24H22Cl2N4O/c1-31-18-12-10-16(11-13-18)19-22(25)27-24-21(29-14-6-3-7-15-29)20(28-30(24)23(19)26)17-8-4-2-5-9-17/h2,4-5,8-13H,3,6-7,14-15H2,1H3. The van der Waals surface area contributed by atoms with Gasteiger partial charge in [-0.2, -0.15) is 5.10 Å². The number of nitrogens with zero attached hydrogens (tertiary/aromatic N) is 4. The summed E-state index contributed by atoms with van der Waals surface area (Å²) < 4.78 is 6.99. The smallest absolute Gasteiger partial charge is 0.182 e. The zero-order chi connectivity index (χ0) is 21.4. The lowest BCUT2D eigenvalue weighted by atomic mass is 10.1. The second-order valence-electron chi connectivity index (χ2n) is 7.64. The molecule has 2 aromatic heterocycles. The zero-order valence-corrected chi connectivity index (χ0v) is 18.7. The topological polar surface area (TPSA) is 42.7 Å². The highest BCUT2D eigenvalue weighted by molar-refractivity contribution is 6.38. The van der Waals surface area contributed by atoms with Crippen LogP contribution in [-0.2, 0) is 0 Å². The SMILES string of the molecule is COc1ccc(-c2c(Cl)nc3c(N4CCCCC4)c(-c4ccccc4)nn3c2Cl)cc1. The summed E-state index contributed by atoms with van der Waals surface area (Å²) in [6, 6.07) is 17.8. The number of ether oxygens (including phenoxy) is 1. The summed E-state index contributed by atoms with van der Waals surface area (Å²) in [4.78, 5) is 7.15. The molecule has 31 heavy (non-hydrogen) atoms. The fourth-order valence-corrected chi connectivity index (χ4v) is 4.82. The fraction of sp³-hybridized carbons (Fsp3) is 0.250. The van der Waals surface area contributed by atoms with Gasteiger partial charge in [0.25, 0.3) is 0 Å². The molecule has 1 fully saturated rings. The fourth-order valence-electron chi connectivity index (χ4n) is 4.17. The molecule has 0 atom stereocenters. The number of hydrogen-bond donors (Lipinski definition) is 0. The van der Waals surface area contributed by atoms with E-state index in [1.807, 2.05) is 42.5 Å². The van der Waals surface area contributed by atoms with Gasteiger partial charge in [0, 0.05) is 18.7 Å². The maximum absolute atomic E-state index is 6.89. The number of benzene rings is 2. The first kappa shape index (κ1) is 20.2. The summed E-state index contributed by atoms with van der Waals surface area (Å²) >= 11 is 13.6. The van der Waals surface area contributed by atoms with Crippen LogP contribution in [0.5, 0.6) is 5.75 Å². The van der Waals surface area contributed by atoms with Crippen molar-refractivity contribution in [3.63, 3.8) is 0 Å². The van der Waals surface area contributed by atoms with Gasteiger partial charge in [-0.1, -0.05) is 65.7 Å². The van der Waals surface area contributed by atoms with Crippen LogP contribution in [0.3, 0.4) is 0 Å². The lowest BCUT2D eigenvalue weighted by Gasteiger charge is -2.28. The van der Waals surface area contributed by atoms with Crippen LogP contribution in [-0.4, -0.2) is 34.8 Å². The number of halogens is 2. The Morgan fingerprint density at radius 2 is 1.58 bits per heavy atom. The number of aromatic nitrogens is 3. The van der Waals surface area contributed by atoms with Crippen molar-refractivity contribution in [2.75, 3.05) is 25.1 Å². The number of rotatable bonds is 4. The molecule has 0 saturated carbocycles. The van der Waals surface area contributed by atoms with Crippen molar-refractivity contribution in [1.29, 1.82) is 0 Å². The molecule has 0 N–H and O–H groups in total. The molecule has 3 heterocycles. The molecule has 0 bridgehead atoms. The molecule has 1 aliphatic heterocycles. The average molecular weight is 453 g/mol. The van der Waals surface area contributed by atoms with Gasteiger partial charge in [-0.25, -0.2) is 9.50 Å². The average Bonchev–Trinajstić information content (AvgIpc) is 3.20. The first-order valence-corrected chi connectivity index (χ1v) is 11.2. The highest BCUT2D eigenvalue weighted by Crippen LogP contribution is 2.41. The van der Waals surface area contributed by atoms with Crippen LogP contribution in [0.15, 0.2) is 54.6 Å². The van der Waals surface area contributed by atoms with E-state index >= 15 is 0 Å². The Morgan fingerprint density at radius 1 is 0.871 bits per heavy atom. The third kappa shape index (κ3) is 3.62. The Kier molecular flexibility index (Phi) is 5.47. The third-order valence-corrected chi connectivity index (χ3v) is 6.36. The van der Waals surface area contributed by atoms with Gasteiger partial charge in [0.05, 0.1) is 12.7 Å². The number of hydrogen-bond acceptors (Lipinski definition) is 4. The van der Waals surface area contributed by atoms with Gasteiger partial charge in [0.15, 0.2) is 5.65 Å². The van der Waals surface area contributed by atoms with E-state index in [4.69, 9.17) is 38.0 Å². The summed E-state index contributed by atoms with van der Waals surface area (Å²) in [5.41, 5.74) is 5.11. The van der Waals surface area contributed by atoms with Gasteiger partial charge in [-0.05, 0) is 37.0 Å². The van der Waals surface area contributed by atoms with Crippen LogP contribution >= 0.6 is 23.2 Å². The van der Waals surface area contributed by atoms with E-state index in [1.54, 1.807) is 11.6 Å². The van der Waals surface area contributed by atoms with Crippen molar-refractivity contribution in [2.24, 2.45) is 0 Å². The first-order chi connectivity index (χ1) is 15.2. The Hall–Kier alpha value is -2.76. The predicted molar refractivity (Wildman–Crippen MR) is 126 cm³/mol. The largest absolute Gasteiger partial charge is 0.497 e. The molecule has 2 aromatic carbocycles. The summed E-state index contributed by atoms with van der Waals surface area (Å²) in [7, 11) is 1.64. The Morgan fingerprint density at radius 3 is 2.26 bits per heavy atom. The van der Waals surface area contributed by atoms with Crippen LogP contribution < -0.4 is 9.64 Å². The maximum atomic E-state index is 6.89. The molecule has 0 unspecified atom stereocenters. The monoisotopic (exact) mass is 452 g/mol. The van der Waals surface area contributed by atoms with Gasteiger partial charge in [-0.15, -0.1) is 0 Å². The van der Waals surface area contributed by atoms with Crippen molar-refractivity contribution < 1.29 is 4.74 Å². The van der Waals surface area contributed by atoms with Crippen LogP contribution in [0.25, 0.3) is 28.0 Å². The number of methoxy groups -OCH3 is 1. The van der Waals surface area contributed by atoms with E-state index in [1.165, 1.54) is 6.42 Å². The molecule has 0 radical (unpaired) electrons. The van der Waals surface area contributed by atoms with Gasteiger partial charge < -0.3 is 9.64 Å². The van der Waals surface area contributed by atoms with E-state index in [0.29, 0.717) is 21.5 Å². The molecule has 5 nitrogen and oxygen atoms in total. The van der Waals surface area contributed by atoms with E-state index in [0.717, 1.165) is 54.2 Å². The van der Waals surface area contributed by atoms with Crippen molar-refractivity contribution in [2.45, 2.75) is 19.3 Å². The Labute approximate surface area is 191 Å². The Balaban J connectivity index is 1.74. The van der Waals surface area contributed by atoms with E-state index in [9.17, 15) is 0 Å². The second-order valence-corrected chi connectivity index (χ2v) is 8.36. The van der Waals surface area contributed by atoms with Crippen molar-refractivity contribution >= 4 is 34.5 Å². The molecule has 0 spiro atoms. The van der Waals surface area contributed by atoms with Crippen molar-refractivity contribution in [3.05, 3.63) is 64.9 Å². The van der Waals surface area contributed by atoms with E-state index in [2.05, 4.69) is 17.0 Å². The quantitative estimate of drug-likeness (QED) is 0.337. The van der Waals surface area contributed by atoms with E-state index in [-0.39, 0.29) is 0 Å². The van der Waals surface area contributed by atoms with Gasteiger partial charge >= 0.3 is 0 Å². The number of fused-ring (bicyclic) bond motifs is 1. The zero-order valence-electron chi connectivity index (χ0n) is 17.2. The number of anilines is 1. The lowest BCUT2D eigenvalue weighted by Crippen LogP contribution is -2.29. The van der Waals surface area contributed by atoms with Crippen LogP contribution in [0.4, 0.5) is 5.69 Å². The molecule has 4 aromatic rings. The van der Waals surface area contributed by atoms with Gasteiger partial charge in [0.1, 0.15) is 27.4 Å². The molecule has 0 amide bonds. The van der Waals surface area contributed by atoms with Crippen molar-refractivity contribution in [3.8, 4) is 28.1 Å². The minimum absolute atomic E-state index is 0.362. The minimum atomic E-state index is 0.362. The molecule has 7 heteroatoms. The summed E-state index contributed by atoms with van der Waals surface area (Å²) in [6.07, 6.45) is 3.54. The van der Waals surface area contributed by atoms with Crippen molar-refractivity contribution in [1.82, 2.24) is 14.6 Å². The molecule has 0 aliphatic carbocycles. The lowest BCUT2D eigenvalue weighted by molar-refractivity contribution is 0.415. The predicted octanol–water partition coefficient (Wildman–Crippen LogP) is 6.37. The molecule has 1 saturated heterocycles. The minimum Gasteiger partial charge on any atom is -0.497 e. The van der Waals surface area contributed by atoms with Gasteiger partial charge in [0.2, 0.25) is 0 Å². The van der Waals surface area contributed by atoms with E-state index < -0.39 is 0 Å². The molecular weight excluding hydrogens is 431 g/mol. The number of piperidine rings is 1. The maximum Gasteiger partial charge on any atom is 0.182 e. The summed E-state index contributed by atoms with van der Waals surface area (Å²) in [5, 5.41) is 5.72. The van der Waals surface area contributed by atoms with Crippen LogP contribution in [0.2, 0.25) is 10.3 Å². The normalized spacial score (nSPS) is 14.2. The first-order valence-electron chi connectivity index (χ1n) is 10.4. The third-order valence-electron chi connectivity index (χ3n) is 5.74. The summed E-state index contributed by atoms with van der Waals surface area (Å²) in [5.74, 6) is 0.767. The summed E-state index contributed by atoms with van der Waals surface area (Å²) in [6.45, 7) is 1.94. The van der Waals surface area contributed by atoms with Crippen LogP contribution in [0.1, 0.15) is 19.3 Å².